The fraction of sp³-hybridized carbons (Fsp3) is 0.463. The Morgan fingerprint density at radius 2 is 1.68 bits per heavy atom. The van der Waals surface area contributed by atoms with Gasteiger partial charge in [-0.15, -0.1) is 0 Å². The smallest absolute Gasteiger partial charge is 0.367 e. The largest absolute Gasteiger partial charge is 0.433 e. The van der Waals surface area contributed by atoms with Crippen molar-refractivity contribution in [2.24, 2.45) is 13.0 Å². The molecule has 5 heterocycles. The average Bonchev–Trinajstić information content (AvgIpc) is 3.91. The van der Waals surface area contributed by atoms with Crippen LogP contribution in [0.15, 0.2) is 59.5 Å². The number of hydrogen-bond acceptors (Lipinski definition) is 8. The Hall–Kier alpha value is -5.51. The molecule has 2 aliphatic carbocycles. The van der Waals surface area contributed by atoms with E-state index in [1.807, 2.05) is 36.5 Å². The number of benzene rings is 2. The summed E-state index contributed by atoms with van der Waals surface area (Å²) < 4.78 is 45.0. The first-order chi connectivity index (χ1) is 27.4. The molecule has 9 rings (SSSR count). The highest BCUT2D eigenvalue weighted by molar-refractivity contribution is 6.04. The van der Waals surface area contributed by atoms with E-state index >= 15 is 0 Å². The number of alkyl halides is 3. The van der Waals surface area contributed by atoms with Crippen molar-refractivity contribution in [3.8, 4) is 0 Å². The second kappa shape index (κ2) is 14.5. The molecule has 0 bridgehead atoms. The number of fused-ring (bicyclic) bond motifs is 2. The summed E-state index contributed by atoms with van der Waals surface area (Å²) in [5.74, 6) is -0.591. The summed E-state index contributed by atoms with van der Waals surface area (Å²) in [6, 6.07) is 12.6. The van der Waals surface area contributed by atoms with E-state index in [0.29, 0.717) is 23.5 Å². The van der Waals surface area contributed by atoms with Crippen molar-refractivity contribution in [2.75, 3.05) is 42.9 Å². The van der Waals surface area contributed by atoms with Crippen LogP contribution in [0.25, 0.3) is 21.9 Å². The molecule has 3 amide bonds. The third kappa shape index (κ3) is 7.19. The first-order valence-corrected chi connectivity index (χ1v) is 19.8. The zero-order chi connectivity index (χ0) is 39.6. The standard InChI is InChI=1S/C41H44F3N9O4/c1-49-37-32(5-3-6-33(37)53(40(49)57)34-14-15-36(54)47-39(34)56)51-18-16-50(17-19-51)22-24-8-12-27(13-9-24)52-23-26-20-31(28(25-10-11-25)21-30(26)48-52)46-38(55)29-4-2-7-35(45-29)41(42,43)44/h2-7,20-21,23-25,27,34H,8-19,22H2,1H3,(H,46,55)(H,47,54,56)/t24-,27-,34?. The quantitative estimate of drug-likeness (QED) is 0.190. The van der Waals surface area contributed by atoms with Crippen LogP contribution in [0.4, 0.5) is 24.5 Å². The van der Waals surface area contributed by atoms with E-state index < -0.39 is 29.7 Å². The lowest BCUT2D eigenvalue weighted by Crippen LogP contribution is -2.48. The van der Waals surface area contributed by atoms with Gasteiger partial charge in [-0.25, -0.2) is 9.78 Å². The number of pyridine rings is 1. The van der Waals surface area contributed by atoms with Gasteiger partial charge < -0.3 is 10.2 Å². The van der Waals surface area contributed by atoms with Gasteiger partial charge in [-0.1, -0.05) is 12.1 Å². The summed E-state index contributed by atoms with van der Waals surface area (Å²) >= 11 is 0. The van der Waals surface area contributed by atoms with Crippen LogP contribution in [0.1, 0.15) is 91.1 Å². The zero-order valence-electron chi connectivity index (χ0n) is 31.6. The number of aryl methyl sites for hydroxylation is 1. The second-order valence-electron chi connectivity index (χ2n) is 16.0. The molecular formula is C41H44F3N9O4. The molecule has 57 heavy (non-hydrogen) atoms. The monoisotopic (exact) mass is 783 g/mol. The first kappa shape index (κ1) is 37.1. The number of piperidine rings is 1. The highest BCUT2D eigenvalue weighted by Gasteiger charge is 2.35. The van der Waals surface area contributed by atoms with E-state index in [2.05, 4.69) is 30.1 Å². The number of anilines is 2. The molecule has 4 aliphatic rings. The van der Waals surface area contributed by atoms with Crippen molar-refractivity contribution < 1.29 is 27.6 Å². The topological polar surface area (TPSA) is 139 Å². The van der Waals surface area contributed by atoms with E-state index in [1.54, 1.807) is 11.6 Å². The molecule has 3 aromatic heterocycles. The van der Waals surface area contributed by atoms with Gasteiger partial charge in [0.05, 0.1) is 28.3 Å². The SMILES string of the molecule is Cn1c(=O)n(C2CCC(=O)NC2=O)c2cccc(N3CCN(C[C@H]4CC[C@H](n5cc6cc(NC(=O)c7cccc(C(F)(F)F)n7)c(C7CC7)cc6n5)CC4)CC3)c21. The lowest BCUT2D eigenvalue weighted by atomic mass is 9.85. The predicted molar refractivity (Wildman–Crippen MR) is 207 cm³/mol. The van der Waals surface area contributed by atoms with Crippen LogP contribution in [-0.4, -0.2) is 79.2 Å². The molecule has 5 aromatic rings. The maximum atomic E-state index is 13.4. The fourth-order valence-corrected chi connectivity index (χ4v) is 9.07. The Morgan fingerprint density at radius 3 is 2.40 bits per heavy atom. The Kier molecular flexibility index (Phi) is 9.41. The molecule has 2 aromatic carbocycles. The molecule has 298 valence electrons. The number of rotatable bonds is 8. The van der Waals surface area contributed by atoms with Crippen LogP contribution in [-0.2, 0) is 22.8 Å². The number of nitrogens with zero attached hydrogens (tertiary/aromatic N) is 7. The van der Waals surface area contributed by atoms with E-state index in [-0.39, 0.29) is 35.7 Å². The normalized spacial score (nSPS) is 22.3. The molecule has 2 saturated carbocycles. The molecule has 13 nitrogen and oxygen atoms in total. The van der Waals surface area contributed by atoms with E-state index in [0.717, 1.165) is 105 Å². The van der Waals surface area contributed by atoms with Crippen molar-refractivity contribution in [1.82, 2.24) is 34.1 Å². The first-order valence-electron chi connectivity index (χ1n) is 19.8. The van der Waals surface area contributed by atoms with Crippen LogP contribution < -0.4 is 21.2 Å². The van der Waals surface area contributed by atoms with Gasteiger partial charge in [-0.2, -0.15) is 18.3 Å². The van der Waals surface area contributed by atoms with Gasteiger partial charge in [-0.05, 0) is 98.7 Å². The third-order valence-electron chi connectivity index (χ3n) is 12.3. The molecule has 1 atom stereocenters. The number of imide groups is 1. The van der Waals surface area contributed by atoms with Crippen molar-refractivity contribution in [3.63, 3.8) is 0 Å². The molecule has 2 saturated heterocycles. The van der Waals surface area contributed by atoms with E-state index in [1.165, 1.54) is 16.7 Å². The zero-order valence-corrected chi connectivity index (χ0v) is 31.6. The Bertz CT molecular complexity index is 2450. The van der Waals surface area contributed by atoms with Crippen LogP contribution in [0.2, 0.25) is 0 Å². The molecule has 16 heteroatoms. The maximum Gasteiger partial charge on any atom is 0.433 e. The number of para-hydroxylation sites is 1. The van der Waals surface area contributed by atoms with Gasteiger partial charge in [0.25, 0.3) is 5.91 Å². The molecule has 0 spiro atoms. The third-order valence-corrected chi connectivity index (χ3v) is 12.3. The minimum Gasteiger partial charge on any atom is -0.367 e. The minimum absolute atomic E-state index is 0.199. The summed E-state index contributed by atoms with van der Waals surface area (Å²) in [4.78, 5) is 59.4. The molecule has 0 radical (unpaired) electrons. The number of amides is 3. The average molecular weight is 784 g/mol. The Labute approximate surface area is 325 Å². The number of carbonyl (C=O) groups excluding carboxylic acids is 3. The molecule has 1 unspecified atom stereocenters. The number of piperazine rings is 1. The van der Waals surface area contributed by atoms with Crippen LogP contribution in [0.5, 0.6) is 0 Å². The van der Waals surface area contributed by atoms with Crippen molar-refractivity contribution in [1.29, 1.82) is 0 Å². The number of carbonyl (C=O) groups is 3. The Morgan fingerprint density at radius 1 is 0.930 bits per heavy atom. The number of hydrogen-bond donors (Lipinski definition) is 2. The van der Waals surface area contributed by atoms with E-state index in [4.69, 9.17) is 5.10 Å². The van der Waals surface area contributed by atoms with Gasteiger partial charge in [0.2, 0.25) is 11.8 Å². The van der Waals surface area contributed by atoms with Crippen molar-refractivity contribution in [2.45, 2.75) is 75.5 Å². The van der Waals surface area contributed by atoms with Crippen molar-refractivity contribution >= 4 is 51.0 Å². The van der Waals surface area contributed by atoms with Crippen molar-refractivity contribution in [3.05, 3.63) is 82.2 Å². The van der Waals surface area contributed by atoms with Gasteiger partial charge in [0.1, 0.15) is 17.4 Å². The van der Waals surface area contributed by atoms with Crippen LogP contribution >= 0.6 is 0 Å². The Balaban J connectivity index is 0.822. The summed E-state index contributed by atoms with van der Waals surface area (Å²) in [5.41, 5.74) is 3.18. The number of imidazole rings is 1. The van der Waals surface area contributed by atoms with Gasteiger partial charge >= 0.3 is 11.9 Å². The van der Waals surface area contributed by atoms with Gasteiger partial charge in [0.15, 0.2) is 0 Å². The number of aromatic nitrogens is 5. The molecule has 2 N–H and O–H groups in total. The molecule has 2 aliphatic heterocycles. The molecule has 4 fully saturated rings. The maximum absolute atomic E-state index is 13.4. The number of nitrogens with one attached hydrogen (secondary N) is 2. The summed E-state index contributed by atoms with van der Waals surface area (Å²) in [7, 11) is 1.74. The summed E-state index contributed by atoms with van der Waals surface area (Å²) in [6.45, 7) is 4.44. The lowest BCUT2D eigenvalue weighted by molar-refractivity contribution is -0.141. The summed E-state index contributed by atoms with van der Waals surface area (Å²) in [5, 5.41) is 11.1. The van der Waals surface area contributed by atoms with Crippen LogP contribution in [0.3, 0.4) is 0 Å². The van der Waals surface area contributed by atoms with Gasteiger partial charge in [0, 0.05) is 63.5 Å². The van der Waals surface area contributed by atoms with Crippen LogP contribution in [0, 0.1) is 5.92 Å². The second-order valence-corrected chi connectivity index (χ2v) is 16.0. The molecular weight excluding hydrogens is 740 g/mol. The summed E-state index contributed by atoms with van der Waals surface area (Å²) in [6.07, 6.45) is 3.99. The highest BCUT2D eigenvalue weighted by atomic mass is 19.4. The lowest BCUT2D eigenvalue weighted by Gasteiger charge is -2.39. The minimum atomic E-state index is -4.64. The van der Waals surface area contributed by atoms with E-state index in [9.17, 15) is 32.3 Å². The highest BCUT2D eigenvalue weighted by Crippen LogP contribution is 2.45. The predicted octanol–water partition coefficient (Wildman–Crippen LogP) is 5.76. The fourth-order valence-electron chi connectivity index (χ4n) is 9.07. The van der Waals surface area contributed by atoms with Gasteiger partial charge in [-0.3, -0.25) is 38.4 Å². The number of halogens is 3.